The Kier molecular flexibility index (Phi) is 4.67. The molecule has 21 heavy (non-hydrogen) atoms. The summed E-state index contributed by atoms with van der Waals surface area (Å²) < 4.78 is 38.9. The van der Waals surface area contributed by atoms with E-state index < -0.39 is 11.7 Å². The third-order valence-corrected chi connectivity index (χ3v) is 3.40. The van der Waals surface area contributed by atoms with Crippen LogP contribution in [0.4, 0.5) is 13.2 Å². The molecule has 2 aromatic rings. The van der Waals surface area contributed by atoms with Gasteiger partial charge in [-0.05, 0) is 31.9 Å². The lowest BCUT2D eigenvalue weighted by Gasteiger charge is -2.21. The van der Waals surface area contributed by atoms with Crippen LogP contribution in [0.15, 0.2) is 36.7 Å². The topological polar surface area (TPSA) is 40.7 Å². The Bertz CT molecular complexity index is 564. The SMILES string of the molecule is CC(Cc1ccccc1C(F)(F)F)NC(C)c1cn[nH]c1. The second-order valence-corrected chi connectivity index (χ2v) is 5.18. The lowest BCUT2D eigenvalue weighted by molar-refractivity contribution is -0.138. The first-order valence-electron chi connectivity index (χ1n) is 6.77. The second kappa shape index (κ2) is 6.30. The van der Waals surface area contributed by atoms with Crippen molar-refractivity contribution < 1.29 is 13.2 Å². The van der Waals surface area contributed by atoms with Crippen LogP contribution in [0.5, 0.6) is 0 Å². The van der Waals surface area contributed by atoms with E-state index in [0.717, 1.165) is 11.6 Å². The number of nitrogens with one attached hydrogen (secondary N) is 2. The van der Waals surface area contributed by atoms with E-state index in [9.17, 15) is 13.2 Å². The fraction of sp³-hybridized carbons (Fsp3) is 0.400. The molecule has 0 aliphatic carbocycles. The lowest BCUT2D eigenvalue weighted by Crippen LogP contribution is -2.31. The molecule has 0 saturated carbocycles. The summed E-state index contributed by atoms with van der Waals surface area (Å²) in [5, 5.41) is 9.87. The molecule has 0 aliphatic rings. The first kappa shape index (κ1) is 15.6. The summed E-state index contributed by atoms with van der Waals surface area (Å²) in [6, 6.07) is 5.65. The molecule has 3 nitrogen and oxygen atoms in total. The molecule has 0 spiro atoms. The molecule has 2 N–H and O–H groups in total. The maximum absolute atomic E-state index is 13.0. The van der Waals surface area contributed by atoms with Crippen LogP contribution in [0.3, 0.4) is 0 Å². The third kappa shape index (κ3) is 4.07. The van der Waals surface area contributed by atoms with Gasteiger partial charge in [-0.25, -0.2) is 0 Å². The van der Waals surface area contributed by atoms with Gasteiger partial charge in [-0.15, -0.1) is 0 Å². The quantitative estimate of drug-likeness (QED) is 0.883. The Morgan fingerprint density at radius 2 is 1.95 bits per heavy atom. The molecule has 2 atom stereocenters. The van der Waals surface area contributed by atoms with Crippen molar-refractivity contribution in [2.24, 2.45) is 0 Å². The van der Waals surface area contributed by atoms with Gasteiger partial charge in [0.2, 0.25) is 0 Å². The van der Waals surface area contributed by atoms with Crippen molar-refractivity contribution in [3.8, 4) is 0 Å². The van der Waals surface area contributed by atoms with Gasteiger partial charge in [0.15, 0.2) is 0 Å². The summed E-state index contributed by atoms with van der Waals surface area (Å²) >= 11 is 0. The summed E-state index contributed by atoms with van der Waals surface area (Å²) in [5.41, 5.74) is 0.727. The van der Waals surface area contributed by atoms with Crippen LogP contribution in [0.1, 0.15) is 36.6 Å². The standard InChI is InChI=1S/C15H18F3N3/c1-10(21-11(2)13-8-19-20-9-13)7-12-5-3-4-6-14(12)15(16,17)18/h3-6,8-11,21H,7H2,1-2H3,(H,19,20). The van der Waals surface area contributed by atoms with E-state index in [2.05, 4.69) is 15.5 Å². The fourth-order valence-corrected chi connectivity index (χ4v) is 2.38. The van der Waals surface area contributed by atoms with Gasteiger partial charge in [0.1, 0.15) is 0 Å². The number of hydrogen-bond donors (Lipinski definition) is 2. The Hall–Kier alpha value is -1.82. The zero-order valence-electron chi connectivity index (χ0n) is 11.9. The molecular formula is C15H18F3N3. The van der Waals surface area contributed by atoms with Crippen LogP contribution in [-0.4, -0.2) is 16.2 Å². The van der Waals surface area contributed by atoms with Gasteiger partial charge in [0.25, 0.3) is 0 Å². The van der Waals surface area contributed by atoms with Crippen LogP contribution in [-0.2, 0) is 12.6 Å². The van der Waals surface area contributed by atoms with Crippen LogP contribution < -0.4 is 5.32 Å². The van der Waals surface area contributed by atoms with Gasteiger partial charge in [-0.1, -0.05) is 18.2 Å². The smallest absolute Gasteiger partial charge is 0.307 e. The molecule has 0 radical (unpaired) electrons. The number of alkyl halides is 3. The highest BCUT2D eigenvalue weighted by Crippen LogP contribution is 2.32. The van der Waals surface area contributed by atoms with Gasteiger partial charge in [0, 0.05) is 23.8 Å². The second-order valence-electron chi connectivity index (χ2n) is 5.18. The molecule has 1 heterocycles. The molecule has 0 saturated heterocycles. The van der Waals surface area contributed by atoms with E-state index >= 15 is 0 Å². The van der Waals surface area contributed by atoms with Crippen molar-refractivity contribution in [2.45, 2.75) is 38.5 Å². The first-order chi connectivity index (χ1) is 9.88. The molecule has 114 valence electrons. The van der Waals surface area contributed by atoms with Gasteiger partial charge in [-0.3, -0.25) is 5.10 Å². The van der Waals surface area contributed by atoms with E-state index in [4.69, 9.17) is 0 Å². The zero-order chi connectivity index (χ0) is 15.5. The number of aromatic amines is 1. The minimum Gasteiger partial charge on any atom is -0.307 e. The van der Waals surface area contributed by atoms with Crippen LogP contribution in [0, 0.1) is 0 Å². The predicted molar refractivity (Wildman–Crippen MR) is 74.7 cm³/mol. The minimum absolute atomic E-state index is 0.0248. The molecule has 2 rings (SSSR count). The molecule has 0 amide bonds. The van der Waals surface area contributed by atoms with Crippen molar-refractivity contribution in [1.29, 1.82) is 0 Å². The largest absolute Gasteiger partial charge is 0.416 e. The Labute approximate surface area is 121 Å². The van der Waals surface area contributed by atoms with E-state index in [1.54, 1.807) is 18.5 Å². The third-order valence-electron chi connectivity index (χ3n) is 3.40. The molecule has 2 unspecified atom stereocenters. The van der Waals surface area contributed by atoms with Crippen molar-refractivity contribution >= 4 is 0 Å². The zero-order valence-corrected chi connectivity index (χ0v) is 11.9. The molecular weight excluding hydrogens is 279 g/mol. The van der Waals surface area contributed by atoms with Crippen molar-refractivity contribution in [1.82, 2.24) is 15.5 Å². The van der Waals surface area contributed by atoms with Gasteiger partial charge < -0.3 is 5.32 Å². The molecule has 6 heteroatoms. The average molecular weight is 297 g/mol. The van der Waals surface area contributed by atoms with Gasteiger partial charge >= 0.3 is 6.18 Å². The fourth-order valence-electron chi connectivity index (χ4n) is 2.38. The van der Waals surface area contributed by atoms with E-state index in [1.807, 2.05) is 13.8 Å². The van der Waals surface area contributed by atoms with Gasteiger partial charge in [0.05, 0.1) is 11.8 Å². The van der Waals surface area contributed by atoms with Gasteiger partial charge in [-0.2, -0.15) is 18.3 Å². The lowest BCUT2D eigenvalue weighted by atomic mass is 10.00. The Balaban J connectivity index is 2.05. The highest BCUT2D eigenvalue weighted by molar-refractivity contribution is 5.30. The number of H-pyrrole nitrogens is 1. The molecule has 0 fully saturated rings. The number of nitrogens with zero attached hydrogens (tertiary/aromatic N) is 1. The van der Waals surface area contributed by atoms with E-state index in [0.29, 0.717) is 12.0 Å². The summed E-state index contributed by atoms with van der Waals surface area (Å²) in [5.74, 6) is 0. The average Bonchev–Trinajstić information content (AvgIpc) is 2.91. The normalized spacial score (nSPS) is 14.9. The van der Waals surface area contributed by atoms with Crippen LogP contribution in [0.2, 0.25) is 0 Å². The minimum atomic E-state index is -4.31. The monoisotopic (exact) mass is 297 g/mol. The number of rotatable bonds is 5. The molecule has 1 aromatic heterocycles. The Morgan fingerprint density at radius 3 is 2.57 bits per heavy atom. The number of hydrogen-bond acceptors (Lipinski definition) is 2. The predicted octanol–water partition coefficient (Wildman–Crippen LogP) is 3.71. The Morgan fingerprint density at radius 1 is 1.24 bits per heavy atom. The number of benzene rings is 1. The molecule has 1 aromatic carbocycles. The molecule has 0 bridgehead atoms. The maximum atomic E-state index is 13.0. The molecule has 0 aliphatic heterocycles. The summed E-state index contributed by atoms with van der Waals surface area (Å²) in [6.45, 7) is 3.83. The van der Waals surface area contributed by atoms with Crippen LogP contribution >= 0.6 is 0 Å². The number of halogens is 3. The summed E-state index contributed by atoms with van der Waals surface area (Å²) in [7, 11) is 0. The summed E-state index contributed by atoms with van der Waals surface area (Å²) in [4.78, 5) is 0. The summed E-state index contributed by atoms with van der Waals surface area (Å²) in [6.07, 6.45) is -0.521. The van der Waals surface area contributed by atoms with Crippen molar-refractivity contribution in [3.63, 3.8) is 0 Å². The highest BCUT2D eigenvalue weighted by atomic mass is 19.4. The highest BCUT2D eigenvalue weighted by Gasteiger charge is 2.33. The first-order valence-corrected chi connectivity index (χ1v) is 6.77. The van der Waals surface area contributed by atoms with E-state index in [-0.39, 0.29) is 12.1 Å². The van der Waals surface area contributed by atoms with Crippen LogP contribution in [0.25, 0.3) is 0 Å². The maximum Gasteiger partial charge on any atom is 0.416 e. The number of aromatic nitrogens is 2. The van der Waals surface area contributed by atoms with Crippen molar-refractivity contribution in [3.05, 3.63) is 53.3 Å². The van der Waals surface area contributed by atoms with E-state index in [1.165, 1.54) is 12.1 Å². The van der Waals surface area contributed by atoms with Crippen molar-refractivity contribution in [2.75, 3.05) is 0 Å².